The molecule has 2 fully saturated rings. The maximum absolute atomic E-state index is 13.6. The van der Waals surface area contributed by atoms with Crippen molar-refractivity contribution in [3.63, 3.8) is 0 Å². The third-order valence-electron chi connectivity index (χ3n) is 7.39. The molecule has 0 atom stereocenters. The maximum Gasteiger partial charge on any atom is 0.238 e. The summed E-state index contributed by atoms with van der Waals surface area (Å²) in [5.41, 5.74) is 2.18. The van der Waals surface area contributed by atoms with E-state index in [0.29, 0.717) is 32.6 Å². The van der Waals surface area contributed by atoms with E-state index < -0.39 is 10.0 Å². The fourth-order valence-corrected chi connectivity index (χ4v) is 6.34. The Morgan fingerprint density at radius 3 is 2.26 bits per heavy atom. The molecule has 1 saturated heterocycles. The Morgan fingerprint density at radius 1 is 1.03 bits per heavy atom. The van der Waals surface area contributed by atoms with Crippen LogP contribution in [-0.4, -0.2) is 72.3 Å². The van der Waals surface area contributed by atoms with Crippen LogP contribution in [0.4, 0.5) is 0 Å². The zero-order chi connectivity index (χ0) is 24.7. The lowest BCUT2D eigenvalue weighted by molar-refractivity contribution is -0.139. The zero-order valence-corrected chi connectivity index (χ0v) is 21.9. The van der Waals surface area contributed by atoms with Crippen LogP contribution in [0.2, 0.25) is 0 Å². The van der Waals surface area contributed by atoms with Crippen LogP contribution in [0.3, 0.4) is 0 Å². The van der Waals surface area contributed by atoms with Crippen molar-refractivity contribution < 1.29 is 18.0 Å². The van der Waals surface area contributed by atoms with Gasteiger partial charge in [-0.2, -0.15) is 4.31 Å². The van der Waals surface area contributed by atoms with Gasteiger partial charge in [0.05, 0.1) is 12.3 Å². The number of rotatable bonds is 10. The molecule has 2 amide bonds. The summed E-state index contributed by atoms with van der Waals surface area (Å²) >= 11 is 0. The molecule has 1 aromatic carbocycles. The highest BCUT2D eigenvalue weighted by molar-refractivity contribution is 7.89. The van der Waals surface area contributed by atoms with Crippen molar-refractivity contribution in [3.8, 4) is 0 Å². The number of sulfonamides is 1. The van der Waals surface area contributed by atoms with Gasteiger partial charge in [0, 0.05) is 38.1 Å². The van der Waals surface area contributed by atoms with Crippen LogP contribution >= 0.6 is 0 Å². The molecule has 2 aliphatic rings. The van der Waals surface area contributed by atoms with Crippen molar-refractivity contribution in [2.45, 2.75) is 78.3 Å². The molecule has 0 radical (unpaired) electrons. The summed E-state index contributed by atoms with van der Waals surface area (Å²) in [6.07, 6.45) is 6.38. The Bertz CT molecular complexity index is 935. The smallest absolute Gasteiger partial charge is 0.238 e. The van der Waals surface area contributed by atoms with Gasteiger partial charge >= 0.3 is 0 Å². The quantitative estimate of drug-likeness (QED) is 0.501. The summed E-state index contributed by atoms with van der Waals surface area (Å²) in [6.45, 7) is 7.55. The third kappa shape index (κ3) is 6.60. The summed E-state index contributed by atoms with van der Waals surface area (Å²) < 4.78 is 26.5. The van der Waals surface area contributed by atoms with Crippen molar-refractivity contribution >= 4 is 21.8 Å². The molecule has 0 aromatic heterocycles. The SMILES string of the molecule is CCCN(CC(=O)N(Cc1ccccc1C)C1CCN(C(=O)C2CCCC2)CC1)S(=O)(=O)CC. The minimum Gasteiger partial charge on any atom is -0.342 e. The van der Waals surface area contributed by atoms with E-state index >= 15 is 0 Å². The van der Waals surface area contributed by atoms with Gasteiger partial charge in [-0.1, -0.05) is 44.0 Å². The Morgan fingerprint density at radius 2 is 1.68 bits per heavy atom. The molecule has 3 rings (SSSR count). The summed E-state index contributed by atoms with van der Waals surface area (Å²) in [4.78, 5) is 30.3. The van der Waals surface area contributed by atoms with E-state index in [1.807, 2.05) is 47.9 Å². The van der Waals surface area contributed by atoms with Crippen molar-refractivity contribution in [3.05, 3.63) is 35.4 Å². The average Bonchev–Trinajstić information content (AvgIpc) is 3.38. The first-order valence-corrected chi connectivity index (χ1v) is 14.5. The minimum atomic E-state index is -3.46. The van der Waals surface area contributed by atoms with Gasteiger partial charge in [0.1, 0.15) is 0 Å². The van der Waals surface area contributed by atoms with Crippen LogP contribution in [0.1, 0.15) is 69.9 Å². The minimum absolute atomic E-state index is 0.00691. The Hall–Kier alpha value is -1.93. The molecule has 8 heteroatoms. The largest absolute Gasteiger partial charge is 0.342 e. The Kier molecular flexibility index (Phi) is 9.54. The number of aryl methyl sites for hydroxylation is 1. The van der Waals surface area contributed by atoms with Gasteiger partial charge in [-0.3, -0.25) is 9.59 Å². The molecule has 0 unspecified atom stereocenters. The highest BCUT2D eigenvalue weighted by atomic mass is 32.2. The molecule has 0 spiro atoms. The van der Waals surface area contributed by atoms with Crippen LogP contribution in [0.15, 0.2) is 24.3 Å². The second kappa shape index (κ2) is 12.2. The summed E-state index contributed by atoms with van der Waals surface area (Å²) in [6, 6.07) is 8.01. The van der Waals surface area contributed by atoms with Crippen molar-refractivity contribution in [1.82, 2.24) is 14.1 Å². The van der Waals surface area contributed by atoms with Crippen molar-refractivity contribution in [2.24, 2.45) is 5.92 Å². The van der Waals surface area contributed by atoms with Crippen molar-refractivity contribution in [2.75, 3.05) is 31.9 Å². The van der Waals surface area contributed by atoms with Gasteiger partial charge in [-0.25, -0.2) is 8.42 Å². The lowest BCUT2D eigenvalue weighted by atomic mass is 9.98. The number of likely N-dealkylation sites (tertiary alicyclic amines) is 1. The first kappa shape index (κ1) is 26.7. The van der Waals surface area contributed by atoms with E-state index in [2.05, 4.69) is 0 Å². The molecule has 0 bridgehead atoms. The molecule has 1 aliphatic carbocycles. The first-order chi connectivity index (χ1) is 16.3. The molecule has 1 heterocycles. The van der Waals surface area contributed by atoms with E-state index in [-0.39, 0.29) is 36.1 Å². The molecular formula is C26H41N3O4S. The molecule has 0 N–H and O–H groups in total. The highest BCUT2D eigenvalue weighted by Gasteiger charge is 2.34. The van der Waals surface area contributed by atoms with Gasteiger partial charge in [-0.05, 0) is 57.1 Å². The second-order valence-corrected chi connectivity index (χ2v) is 12.0. The van der Waals surface area contributed by atoms with Gasteiger partial charge in [0.25, 0.3) is 0 Å². The molecule has 1 aromatic rings. The number of benzene rings is 1. The topological polar surface area (TPSA) is 78.0 Å². The molecule has 7 nitrogen and oxygen atoms in total. The lowest BCUT2D eigenvalue weighted by Gasteiger charge is -2.40. The number of hydrogen-bond acceptors (Lipinski definition) is 4. The summed E-state index contributed by atoms with van der Waals surface area (Å²) in [5, 5.41) is 0. The molecule has 190 valence electrons. The van der Waals surface area contributed by atoms with Crippen molar-refractivity contribution in [1.29, 1.82) is 0 Å². The van der Waals surface area contributed by atoms with E-state index in [9.17, 15) is 18.0 Å². The zero-order valence-electron chi connectivity index (χ0n) is 21.0. The highest BCUT2D eigenvalue weighted by Crippen LogP contribution is 2.29. The van der Waals surface area contributed by atoms with E-state index in [1.165, 1.54) is 4.31 Å². The van der Waals surface area contributed by atoms with E-state index in [4.69, 9.17) is 0 Å². The number of piperidine rings is 1. The van der Waals surface area contributed by atoms with Gasteiger partial charge in [0.2, 0.25) is 21.8 Å². The molecule has 34 heavy (non-hydrogen) atoms. The van der Waals surface area contributed by atoms with E-state index in [1.54, 1.807) is 6.92 Å². The second-order valence-electron chi connectivity index (χ2n) is 9.72. The van der Waals surface area contributed by atoms with E-state index in [0.717, 1.165) is 49.7 Å². The number of hydrogen-bond donors (Lipinski definition) is 0. The van der Waals surface area contributed by atoms with Crippen LogP contribution < -0.4 is 0 Å². The number of carbonyl (C=O) groups is 2. The molecule has 1 saturated carbocycles. The fraction of sp³-hybridized carbons (Fsp3) is 0.692. The first-order valence-electron chi connectivity index (χ1n) is 12.9. The fourth-order valence-electron chi connectivity index (χ4n) is 5.21. The molecular weight excluding hydrogens is 450 g/mol. The number of amides is 2. The average molecular weight is 492 g/mol. The van der Waals surface area contributed by atoms with Gasteiger partial charge < -0.3 is 9.80 Å². The van der Waals surface area contributed by atoms with Crippen LogP contribution in [0.5, 0.6) is 0 Å². The van der Waals surface area contributed by atoms with Gasteiger partial charge in [-0.15, -0.1) is 0 Å². The van der Waals surface area contributed by atoms with Crippen LogP contribution in [0, 0.1) is 12.8 Å². The third-order valence-corrected chi connectivity index (χ3v) is 9.21. The Balaban J connectivity index is 1.75. The van der Waals surface area contributed by atoms with Gasteiger partial charge in [0.15, 0.2) is 0 Å². The normalized spacial score (nSPS) is 17.9. The Labute approximate surface area is 205 Å². The van der Waals surface area contributed by atoms with Crippen LogP contribution in [-0.2, 0) is 26.2 Å². The lowest BCUT2D eigenvalue weighted by Crippen LogP contribution is -2.52. The maximum atomic E-state index is 13.6. The number of nitrogens with zero attached hydrogens (tertiary/aromatic N) is 3. The molecule has 1 aliphatic heterocycles. The summed E-state index contributed by atoms with van der Waals surface area (Å²) in [5.74, 6) is 0.271. The monoisotopic (exact) mass is 491 g/mol. The van der Waals surface area contributed by atoms with Crippen LogP contribution in [0.25, 0.3) is 0 Å². The predicted octanol–water partition coefficient (Wildman–Crippen LogP) is 3.57. The standard InChI is InChI=1S/C26H41N3O4S/c1-4-16-28(34(32,33)5-2)20-25(30)29(19-23-13-7-6-10-21(23)3)24-14-17-27(18-15-24)26(31)22-11-8-9-12-22/h6-7,10,13,22,24H,4-5,8-9,11-12,14-20H2,1-3H3. The summed E-state index contributed by atoms with van der Waals surface area (Å²) in [7, 11) is -3.46. The number of carbonyl (C=O) groups excluding carboxylic acids is 2. The predicted molar refractivity (Wildman–Crippen MR) is 135 cm³/mol.